The average molecular weight is 304 g/mol. The summed E-state index contributed by atoms with van der Waals surface area (Å²) >= 11 is 6.04. The number of methoxy groups -OCH3 is 1. The average Bonchev–Trinajstić information content (AvgIpc) is 2.52. The predicted octanol–water partition coefficient (Wildman–Crippen LogP) is 5.47. The Kier molecular flexibility index (Phi) is 5.51. The summed E-state index contributed by atoms with van der Waals surface area (Å²) in [7, 11) is 1.67. The highest BCUT2D eigenvalue weighted by Gasteiger charge is 2.05. The first-order valence-corrected chi connectivity index (χ1v) is 7.68. The fraction of sp³-hybridized carbons (Fsp3) is 0.333. The largest absolute Gasteiger partial charge is 0.496 e. The standard InChI is InChI=1S/C18H22ClNO/c1-4-13(2)14-5-8-17(9-6-14)20-12-15-11-16(19)7-10-18(15)21-3/h5-11,13,20H,4,12H2,1-3H3. The lowest BCUT2D eigenvalue weighted by molar-refractivity contribution is 0.410. The van der Waals surface area contributed by atoms with E-state index in [1.807, 2.05) is 18.2 Å². The summed E-state index contributed by atoms with van der Waals surface area (Å²) in [5.41, 5.74) is 3.53. The molecule has 0 fully saturated rings. The first-order chi connectivity index (χ1) is 10.1. The van der Waals surface area contributed by atoms with Crippen LogP contribution in [0, 0.1) is 0 Å². The molecule has 0 spiro atoms. The molecule has 0 heterocycles. The summed E-state index contributed by atoms with van der Waals surface area (Å²) in [6.07, 6.45) is 1.16. The molecule has 1 unspecified atom stereocenters. The minimum atomic E-state index is 0.604. The second-order valence-electron chi connectivity index (χ2n) is 5.24. The fourth-order valence-electron chi connectivity index (χ4n) is 2.25. The molecular weight excluding hydrogens is 282 g/mol. The van der Waals surface area contributed by atoms with E-state index in [-0.39, 0.29) is 0 Å². The third kappa shape index (κ3) is 4.15. The summed E-state index contributed by atoms with van der Waals surface area (Å²) < 4.78 is 5.36. The van der Waals surface area contributed by atoms with Gasteiger partial charge in [-0.2, -0.15) is 0 Å². The van der Waals surface area contributed by atoms with Gasteiger partial charge in [-0.3, -0.25) is 0 Å². The molecule has 2 aromatic carbocycles. The molecule has 0 saturated heterocycles. The van der Waals surface area contributed by atoms with Gasteiger partial charge in [0.25, 0.3) is 0 Å². The van der Waals surface area contributed by atoms with Gasteiger partial charge in [-0.25, -0.2) is 0 Å². The zero-order chi connectivity index (χ0) is 15.2. The molecule has 3 heteroatoms. The Bertz CT molecular complexity index is 580. The zero-order valence-electron chi connectivity index (χ0n) is 12.8. The summed E-state index contributed by atoms with van der Waals surface area (Å²) in [5.74, 6) is 1.45. The van der Waals surface area contributed by atoms with Crippen molar-refractivity contribution in [3.8, 4) is 5.75 Å². The van der Waals surface area contributed by atoms with Crippen LogP contribution in [0.1, 0.15) is 37.3 Å². The highest BCUT2D eigenvalue weighted by molar-refractivity contribution is 6.30. The van der Waals surface area contributed by atoms with Crippen molar-refractivity contribution in [2.75, 3.05) is 12.4 Å². The van der Waals surface area contributed by atoms with Gasteiger partial charge in [-0.05, 0) is 48.2 Å². The van der Waals surface area contributed by atoms with Gasteiger partial charge < -0.3 is 10.1 Å². The topological polar surface area (TPSA) is 21.3 Å². The molecule has 0 aliphatic rings. The van der Waals surface area contributed by atoms with Crippen LogP contribution in [0.15, 0.2) is 42.5 Å². The molecular formula is C18H22ClNO. The number of nitrogens with one attached hydrogen (secondary N) is 1. The normalized spacial score (nSPS) is 12.0. The third-order valence-corrected chi connectivity index (χ3v) is 4.05. The van der Waals surface area contributed by atoms with E-state index < -0.39 is 0 Å². The number of ether oxygens (including phenoxy) is 1. The number of anilines is 1. The quantitative estimate of drug-likeness (QED) is 0.763. The second kappa shape index (κ2) is 7.37. The first-order valence-electron chi connectivity index (χ1n) is 7.30. The second-order valence-corrected chi connectivity index (χ2v) is 5.68. The fourth-order valence-corrected chi connectivity index (χ4v) is 2.44. The van der Waals surface area contributed by atoms with Crippen LogP contribution in [0.3, 0.4) is 0 Å². The molecule has 0 aromatic heterocycles. The molecule has 0 saturated carbocycles. The number of hydrogen-bond acceptors (Lipinski definition) is 2. The van der Waals surface area contributed by atoms with Gasteiger partial charge in [-0.1, -0.05) is 37.6 Å². The maximum atomic E-state index is 6.04. The van der Waals surface area contributed by atoms with Gasteiger partial charge in [0.15, 0.2) is 0 Å². The minimum absolute atomic E-state index is 0.604. The van der Waals surface area contributed by atoms with Gasteiger partial charge in [-0.15, -0.1) is 0 Å². The van der Waals surface area contributed by atoms with E-state index in [0.29, 0.717) is 12.5 Å². The van der Waals surface area contributed by atoms with Crippen LogP contribution in [0.4, 0.5) is 5.69 Å². The van der Waals surface area contributed by atoms with E-state index >= 15 is 0 Å². The molecule has 1 N–H and O–H groups in total. The van der Waals surface area contributed by atoms with Crippen LogP contribution >= 0.6 is 11.6 Å². The zero-order valence-corrected chi connectivity index (χ0v) is 13.6. The van der Waals surface area contributed by atoms with Crippen molar-refractivity contribution in [3.63, 3.8) is 0 Å². The molecule has 0 aliphatic carbocycles. The summed E-state index contributed by atoms with van der Waals surface area (Å²) in [5, 5.41) is 4.13. The Hall–Kier alpha value is -1.67. The van der Waals surface area contributed by atoms with E-state index in [1.54, 1.807) is 7.11 Å². The lowest BCUT2D eigenvalue weighted by atomic mass is 9.98. The van der Waals surface area contributed by atoms with Crippen LogP contribution in [0.25, 0.3) is 0 Å². The molecule has 0 aliphatic heterocycles. The Balaban J connectivity index is 2.04. The van der Waals surface area contributed by atoms with E-state index in [4.69, 9.17) is 16.3 Å². The Morgan fingerprint density at radius 3 is 2.48 bits per heavy atom. The maximum Gasteiger partial charge on any atom is 0.123 e. The van der Waals surface area contributed by atoms with E-state index in [9.17, 15) is 0 Å². The van der Waals surface area contributed by atoms with Crippen molar-refractivity contribution < 1.29 is 4.74 Å². The Morgan fingerprint density at radius 2 is 1.86 bits per heavy atom. The highest BCUT2D eigenvalue weighted by atomic mass is 35.5. The smallest absolute Gasteiger partial charge is 0.123 e. The van der Waals surface area contributed by atoms with E-state index in [1.165, 1.54) is 5.56 Å². The van der Waals surface area contributed by atoms with Gasteiger partial charge in [0.2, 0.25) is 0 Å². The number of halogens is 1. The SMILES string of the molecule is CCC(C)c1ccc(NCc2cc(Cl)ccc2OC)cc1. The van der Waals surface area contributed by atoms with Gasteiger partial charge >= 0.3 is 0 Å². The maximum absolute atomic E-state index is 6.04. The summed E-state index contributed by atoms with van der Waals surface area (Å²) in [6.45, 7) is 5.15. The molecule has 112 valence electrons. The summed E-state index contributed by atoms with van der Waals surface area (Å²) in [4.78, 5) is 0. The van der Waals surface area contributed by atoms with Crippen LogP contribution in [-0.4, -0.2) is 7.11 Å². The van der Waals surface area contributed by atoms with Gasteiger partial charge in [0, 0.05) is 22.8 Å². The molecule has 21 heavy (non-hydrogen) atoms. The van der Waals surface area contributed by atoms with E-state index in [0.717, 1.165) is 28.4 Å². The predicted molar refractivity (Wildman–Crippen MR) is 90.5 cm³/mol. The number of hydrogen-bond donors (Lipinski definition) is 1. The molecule has 2 nitrogen and oxygen atoms in total. The molecule has 1 atom stereocenters. The molecule has 2 aromatic rings. The lowest BCUT2D eigenvalue weighted by Gasteiger charge is -2.13. The van der Waals surface area contributed by atoms with Crippen LogP contribution < -0.4 is 10.1 Å². The third-order valence-electron chi connectivity index (χ3n) is 3.82. The highest BCUT2D eigenvalue weighted by Crippen LogP contribution is 2.24. The monoisotopic (exact) mass is 303 g/mol. The Labute approximate surface area is 132 Å². The first kappa shape index (κ1) is 15.7. The van der Waals surface area contributed by atoms with Crippen LogP contribution in [0.2, 0.25) is 5.02 Å². The lowest BCUT2D eigenvalue weighted by Crippen LogP contribution is -2.02. The van der Waals surface area contributed by atoms with Crippen LogP contribution in [-0.2, 0) is 6.54 Å². The van der Waals surface area contributed by atoms with Crippen molar-refractivity contribution in [1.82, 2.24) is 0 Å². The summed E-state index contributed by atoms with van der Waals surface area (Å²) in [6, 6.07) is 14.3. The number of rotatable bonds is 6. The number of benzene rings is 2. The van der Waals surface area contributed by atoms with Crippen molar-refractivity contribution >= 4 is 17.3 Å². The van der Waals surface area contributed by atoms with Crippen molar-refractivity contribution in [2.24, 2.45) is 0 Å². The van der Waals surface area contributed by atoms with Gasteiger partial charge in [0.1, 0.15) is 5.75 Å². The van der Waals surface area contributed by atoms with Crippen molar-refractivity contribution in [2.45, 2.75) is 32.7 Å². The Morgan fingerprint density at radius 1 is 1.14 bits per heavy atom. The van der Waals surface area contributed by atoms with Gasteiger partial charge in [0.05, 0.1) is 7.11 Å². The van der Waals surface area contributed by atoms with Crippen LogP contribution in [0.5, 0.6) is 5.75 Å². The van der Waals surface area contributed by atoms with E-state index in [2.05, 4.69) is 43.4 Å². The molecule has 2 rings (SSSR count). The molecule has 0 bridgehead atoms. The van der Waals surface area contributed by atoms with Crippen molar-refractivity contribution in [1.29, 1.82) is 0 Å². The minimum Gasteiger partial charge on any atom is -0.496 e. The molecule has 0 amide bonds. The molecule has 0 radical (unpaired) electrons. The van der Waals surface area contributed by atoms with Crippen molar-refractivity contribution in [3.05, 3.63) is 58.6 Å².